The van der Waals surface area contributed by atoms with Crippen LogP contribution in [0.5, 0.6) is 0 Å². The van der Waals surface area contributed by atoms with E-state index in [4.69, 9.17) is 9.73 Å². The van der Waals surface area contributed by atoms with E-state index in [9.17, 15) is 0 Å². The molecule has 1 saturated carbocycles. The first kappa shape index (κ1) is 12.2. The molecular formula is C12H22N2OS. The van der Waals surface area contributed by atoms with Crippen molar-refractivity contribution >= 4 is 16.9 Å². The number of nitrogens with zero attached hydrogens (tertiary/aromatic N) is 1. The lowest BCUT2D eigenvalue weighted by molar-refractivity contribution is 0.195. The number of hydrogen-bond acceptors (Lipinski definition) is 4. The summed E-state index contributed by atoms with van der Waals surface area (Å²) in [7, 11) is 1.75. The van der Waals surface area contributed by atoms with Gasteiger partial charge in [-0.2, -0.15) is 0 Å². The van der Waals surface area contributed by atoms with E-state index < -0.39 is 0 Å². The van der Waals surface area contributed by atoms with Crippen molar-refractivity contribution in [3.8, 4) is 0 Å². The highest BCUT2D eigenvalue weighted by molar-refractivity contribution is 8.13. The fourth-order valence-corrected chi connectivity index (χ4v) is 3.68. The van der Waals surface area contributed by atoms with Gasteiger partial charge in [-0.1, -0.05) is 24.6 Å². The Hall–Kier alpha value is -0.220. The van der Waals surface area contributed by atoms with Crippen LogP contribution in [0.1, 0.15) is 32.1 Å². The molecular weight excluding hydrogens is 220 g/mol. The van der Waals surface area contributed by atoms with E-state index in [1.165, 1.54) is 31.4 Å². The summed E-state index contributed by atoms with van der Waals surface area (Å²) in [4.78, 5) is 4.69. The highest BCUT2D eigenvalue weighted by Crippen LogP contribution is 2.43. The predicted molar refractivity (Wildman–Crippen MR) is 70.2 cm³/mol. The first-order valence-corrected chi connectivity index (χ1v) is 7.23. The first-order valence-electron chi connectivity index (χ1n) is 6.25. The van der Waals surface area contributed by atoms with Gasteiger partial charge in [-0.05, 0) is 24.7 Å². The molecule has 0 aromatic carbocycles. The lowest BCUT2D eigenvalue weighted by Crippen LogP contribution is -2.33. The minimum atomic E-state index is 0.558. The molecule has 0 saturated heterocycles. The number of amidine groups is 1. The topological polar surface area (TPSA) is 33.6 Å². The van der Waals surface area contributed by atoms with Crippen molar-refractivity contribution in [1.29, 1.82) is 0 Å². The zero-order valence-electron chi connectivity index (χ0n) is 10.1. The van der Waals surface area contributed by atoms with E-state index in [-0.39, 0.29) is 0 Å². The van der Waals surface area contributed by atoms with E-state index in [0.29, 0.717) is 5.41 Å². The molecule has 0 unspecified atom stereocenters. The van der Waals surface area contributed by atoms with Gasteiger partial charge in [-0.15, -0.1) is 0 Å². The average molecular weight is 242 g/mol. The van der Waals surface area contributed by atoms with E-state index in [0.717, 1.165) is 31.3 Å². The fourth-order valence-electron chi connectivity index (χ4n) is 2.50. The first-order chi connectivity index (χ1) is 7.85. The van der Waals surface area contributed by atoms with Crippen LogP contribution in [0.15, 0.2) is 4.99 Å². The van der Waals surface area contributed by atoms with Crippen LogP contribution in [0, 0.1) is 5.41 Å². The zero-order chi connectivity index (χ0) is 11.3. The molecule has 1 aliphatic carbocycles. The smallest absolute Gasteiger partial charge is 0.156 e. The molecule has 0 aromatic heterocycles. The maximum atomic E-state index is 5.02. The van der Waals surface area contributed by atoms with Crippen molar-refractivity contribution in [1.82, 2.24) is 5.32 Å². The number of thioether (sulfide) groups is 1. The molecule has 92 valence electrons. The van der Waals surface area contributed by atoms with Crippen molar-refractivity contribution in [3.05, 3.63) is 0 Å². The Bertz CT molecular complexity index is 249. The van der Waals surface area contributed by atoms with Crippen LogP contribution in [-0.2, 0) is 4.74 Å². The maximum absolute atomic E-state index is 5.02. The molecule has 1 N–H and O–H groups in total. The Labute approximate surface area is 102 Å². The molecule has 0 radical (unpaired) electrons. The molecule has 4 heteroatoms. The zero-order valence-corrected chi connectivity index (χ0v) is 10.9. The van der Waals surface area contributed by atoms with Crippen LogP contribution < -0.4 is 5.32 Å². The fraction of sp³-hybridized carbons (Fsp3) is 0.917. The number of rotatable bonds is 4. The lowest BCUT2D eigenvalue weighted by Gasteiger charge is -2.31. The van der Waals surface area contributed by atoms with Gasteiger partial charge in [0.2, 0.25) is 0 Å². The molecule has 0 atom stereocenters. The van der Waals surface area contributed by atoms with Crippen LogP contribution in [0.3, 0.4) is 0 Å². The number of methoxy groups -OCH3 is 1. The molecule has 2 rings (SSSR count). The molecule has 0 amide bonds. The minimum Gasteiger partial charge on any atom is -0.385 e. The summed E-state index contributed by atoms with van der Waals surface area (Å²) in [5.41, 5.74) is 0.558. The molecule has 2 aliphatic rings. The SMILES string of the molecule is COCCCNC1=NCC2(CCCC2)CS1. The molecule has 3 nitrogen and oxygen atoms in total. The molecule has 1 heterocycles. The van der Waals surface area contributed by atoms with Gasteiger partial charge in [0.25, 0.3) is 0 Å². The predicted octanol–water partition coefficient (Wildman–Crippen LogP) is 2.28. The summed E-state index contributed by atoms with van der Waals surface area (Å²) in [5.74, 6) is 1.27. The minimum absolute atomic E-state index is 0.558. The van der Waals surface area contributed by atoms with Crippen molar-refractivity contribution in [2.45, 2.75) is 32.1 Å². The Kier molecular flexibility index (Phi) is 4.53. The maximum Gasteiger partial charge on any atom is 0.156 e. The molecule has 1 aliphatic heterocycles. The Morgan fingerprint density at radius 1 is 1.44 bits per heavy atom. The van der Waals surface area contributed by atoms with Crippen LogP contribution in [-0.4, -0.2) is 37.7 Å². The van der Waals surface area contributed by atoms with Crippen molar-refractivity contribution in [2.75, 3.05) is 32.6 Å². The second-order valence-electron chi connectivity index (χ2n) is 4.89. The summed E-state index contributed by atoms with van der Waals surface area (Å²) in [6.07, 6.45) is 6.65. The quantitative estimate of drug-likeness (QED) is 0.768. The Morgan fingerprint density at radius 2 is 2.25 bits per heavy atom. The van der Waals surface area contributed by atoms with Crippen LogP contribution in [0.2, 0.25) is 0 Å². The second kappa shape index (κ2) is 5.92. The monoisotopic (exact) mass is 242 g/mol. The number of nitrogens with one attached hydrogen (secondary N) is 1. The van der Waals surface area contributed by atoms with Gasteiger partial charge >= 0.3 is 0 Å². The largest absolute Gasteiger partial charge is 0.385 e. The van der Waals surface area contributed by atoms with E-state index >= 15 is 0 Å². The summed E-state index contributed by atoms with van der Waals surface area (Å²) in [6, 6.07) is 0. The Balaban J connectivity index is 1.71. The third kappa shape index (κ3) is 3.14. The average Bonchev–Trinajstić information content (AvgIpc) is 2.76. The lowest BCUT2D eigenvalue weighted by atomic mass is 9.89. The second-order valence-corrected chi connectivity index (χ2v) is 5.85. The standard InChI is InChI=1S/C12H22N2OS/c1-15-8-4-7-13-11-14-9-12(10-16-11)5-2-3-6-12/h2-10H2,1H3,(H,13,14). The summed E-state index contributed by atoms with van der Waals surface area (Å²) in [6.45, 7) is 2.86. The van der Waals surface area contributed by atoms with Gasteiger partial charge in [0.15, 0.2) is 5.17 Å². The van der Waals surface area contributed by atoms with Crippen LogP contribution >= 0.6 is 11.8 Å². The van der Waals surface area contributed by atoms with Gasteiger partial charge in [0, 0.05) is 32.6 Å². The molecule has 0 bridgehead atoms. The highest BCUT2D eigenvalue weighted by atomic mass is 32.2. The van der Waals surface area contributed by atoms with E-state index in [1.54, 1.807) is 7.11 Å². The summed E-state index contributed by atoms with van der Waals surface area (Å²) < 4.78 is 5.02. The van der Waals surface area contributed by atoms with Crippen LogP contribution in [0.4, 0.5) is 0 Å². The van der Waals surface area contributed by atoms with E-state index in [2.05, 4.69) is 5.32 Å². The third-order valence-electron chi connectivity index (χ3n) is 3.54. The van der Waals surface area contributed by atoms with Gasteiger partial charge in [0.1, 0.15) is 0 Å². The van der Waals surface area contributed by atoms with Crippen molar-refractivity contribution in [2.24, 2.45) is 10.4 Å². The number of aliphatic imine (C=N–C) groups is 1. The van der Waals surface area contributed by atoms with Gasteiger partial charge in [-0.3, -0.25) is 4.99 Å². The van der Waals surface area contributed by atoms with Gasteiger partial charge in [0.05, 0.1) is 0 Å². The molecule has 0 aromatic rings. The number of hydrogen-bond donors (Lipinski definition) is 1. The molecule has 1 fully saturated rings. The third-order valence-corrected chi connectivity index (χ3v) is 4.84. The summed E-state index contributed by atoms with van der Waals surface area (Å²) in [5, 5.41) is 4.54. The van der Waals surface area contributed by atoms with Gasteiger partial charge in [-0.25, -0.2) is 0 Å². The normalized spacial score (nSPS) is 23.4. The van der Waals surface area contributed by atoms with E-state index in [1.807, 2.05) is 11.8 Å². The highest BCUT2D eigenvalue weighted by Gasteiger charge is 2.36. The van der Waals surface area contributed by atoms with Crippen molar-refractivity contribution < 1.29 is 4.74 Å². The van der Waals surface area contributed by atoms with Gasteiger partial charge < -0.3 is 10.1 Å². The molecule has 16 heavy (non-hydrogen) atoms. The van der Waals surface area contributed by atoms with Crippen LogP contribution in [0.25, 0.3) is 0 Å². The molecule has 1 spiro atoms. The summed E-state index contributed by atoms with van der Waals surface area (Å²) >= 11 is 1.92. The number of ether oxygens (including phenoxy) is 1. The Morgan fingerprint density at radius 3 is 2.88 bits per heavy atom. The van der Waals surface area contributed by atoms with Crippen molar-refractivity contribution in [3.63, 3.8) is 0 Å².